The summed E-state index contributed by atoms with van der Waals surface area (Å²) in [5.74, 6) is 0.701. The van der Waals surface area contributed by atoms with Gasteiger partial charge < -0.3 is 9.64 Å². The molecule has 0 heterocycles. The summed E-state index contributed by atoms with van der Waals surface area (Å²) in [7, 11) is 1.76. The Kier molecular flexibility index (Phi) is 4.63. The molecule has 0 fully saturated rings. The number of para-hydroxylation sites is 1. The summed E-state index contributed by atoms with van der Waals surface area (Å²) in [6.07, 6.45) is 0. The molecule has 0 saturated heterocycles. The maximum Gasteiger partial charge on any atom is 0.264 e. The van der Waals surface area contributed by atoms with Crippen molar-refractivity contribution in [2.75, 3.05) is 18.6 Å². The van der Waals surface area contributed by atoms with Gasteiger partial charge in [0.05, 0.1) is 0 Å². The van der Waals surface area contributed by atoms with Gasteiger partial charge in [-0.2, -0.15) is 0 Å². The Bertz CT molecular complexity index is 635. The Morgan fingerprint density at radius 2 is 1.62 bits per heavy atom. The van der Waals surface area contributed by atoms with Crippen molar-refractivity contribution in [1.29, 1.82) is 0 Å². The van der Waals surface area contributed by atoms with Gasteiger partial charge in [-0.25, -0.2) is 0 Å². The first-order valence-corrected chi connectivity index (χ1v) is 7.01. The van der Waals surface area contributed by atoms with Crippen molar-refractivity contribution in [3.63, 3.8) is 0 Å². The predicted molar refractivity (Wildman–Crippen MR) is 86.0 cm³/mol. The number of benzene rings is 2. The van der Waals surface area contributed by atoms with Crippen LogP contribution in [0.5, 0.6) is 5.75 Å². The number of rotatable bonds is 4. The van der Waals surface area contributed by atoms with Gasteiger partial charge in [0.25, 0.3) is 5.91 Å². The van der Waals surface area contributed by atoms with Crippen LogP contribution in [0.4, 0.5) is 5.69 Å². The summed E-state index contributed by atoms with van der Waals surface area (Å²) < 4.78 is 5.69. The number of ether oxygens (including phenoxy) is 1. The number of aryl methyl sites for hydroxylation is 3. The minimum Gasteiger partial charge on any atom is -0.483 e. The maximum absolute atomic E-state index is 12.2. The van der Waals surface area contributed by atoms with Crippen LogP contribution in [0.2, 0.25) is 0 Å². The smallest absolute Gasteiger partial charge is 0.264 e. The van der Waals surface area contributed by atoms with Gasteiger partial charge in [-0.15, -0.1) is 0 Å². The van der Waals surface area contributed by atoms with Gasteiger partial charge in [0.2, 0.25) is 0 Å². The second kappa shape index (κ2) is 6.44. The third-order valence-corrected chi connectivity index (χ3v) is 3.66. The van der Waals surface area contributed by atoms with Crippen LogP contribution in [-0.2, 0) is 4.79 Å². The first-order valence-electron chi connectivity index (χ1n) is 7.01. The molecular weight excluding hydrogens is 262 g/mol. The van der Waals surface area contributed by atoms with E-state index in [0.717, 1.165) is 17.0 Å². The van der Waals surface area contributed by atoms with E-state index in [2.05, 4.69) is 13.0 Å². The van der Waals surface area contributed by atoms with Gasteiger partial charge in [0.15, 0.2) is 6.61 Å². The Labute approximate surface area is 126 Å². The number of nitrogens with zero attached hydrogens (tertiary/aromatic N) is 1. The van der Waals surface area contributed by atoms with Gasteiger partial charge in [-0.05, 0) is 55.7 Å². The predicted octanol–water partition coefficient (Wildman–Crippen LogP) is 3.65. The standard InChI is InChI=1S/C18H21NO2/c1-13-10-15(3)17(11-14(13)2)21-12-18(20)19(4)16-8-6-5-7-9-16/h5-11H,12H2,1-4H3. The molecule has 0 spiro atoms. The fourth-order valence-corrected chi connectivity index (χ4v) is 2.12. The fourth-order valence-electron chi connectivity index (χ4n) is 2.12. The summed E-state index contributed by atoms with van der Waals surface area (Å²) in [5, 5.41) is 0. The normalized spacial score (nSPS) is 10.3. The van der Waals surface area contributed by atoms with Crippen LogP contribution in [0.15, 0.2) is 42.5 Å². The van der Waals surface area contributed by atoms with Crippen molar-refractivity contribution in [2.24, 2.45) is 0 Å². The molecule has 0 bridgehead atoms. The molecule has 0 aliphatic carbocycles. The quantitative estimate of drug-likeness (QED) is 0.857. The molecule has 2 rings (SSSR count). The minimum atomic E-state index is -0.0705. The van der Waals surface area contributed by atoms with E-state index in [0.29, 0.717) is 0 Å². The Morgan fingerprint density at radius 3 is 2.29 bits per heavy atom. The summed E-state index contributed by atoms with van der Waals surface area (Å²) in [5.41, 5.74) is 4.31. The van der Waals surface area contributed by atoms with E-state index < -0.39 is 0 Å². The molecule has 0 aliphatic rings. The van der Waals surface area contributed by atoms with E-state index in [4.69, 9.17) is 4.74 Å². The summed E-state index contributed by atoms with van der Waals surface area (Å²) in [6.45, 7) is 6.14. The fraction of sp³-hybridized carbons (Fsp3) is 0.278. The molecule has 2 aromatic rings. The summed E-state index contributed by atoms with van der Waals surface area (Å²) in [6, 6.07) is 13.6. The Balaban J connectivity index is 2.03. The second-order valence-corrected chi connectivity index (χ2v) is 5.28. The molecular formula is C18H21NO2. The maximum atomic E-state index is 12.2. The molecule has 2 aromatic carbocycles. The largest absolute Gasteiger partial charge is 0.483 e. The molecule has 0 unspecified atom stereocenters. The monoisotopic (exact) mass is 283 g/mol. The van der Waals surface area contributed by atoms with Gasteiger partial charge >= 0.3 is 0 Å². The van der Waals surface area contributed by atoms with E-state index in [-0.39, 0.29) is 12.5 Å². The number of hydrogen-bond acceptors (Lipinski definition) is 2. The lowest BCUT2D eigenvalue weighted by Gasteiger charge is -2.18. The molecule has 0 N–H and O–H groups in total. The Morgan fingerprint density at radius 1 is 1.00 bits per heavy atom. The molecule has 3 nitrogen and oxygen atoms in total. The van der Waals surface area contributed by atoms with E-state index in [1.807, 2.05) is 50.2 Å². The van der Waals surface area contributed by atoms with Crippen LogP contribution < -0.4 is 9.64 Å². The first kappa shape index (κ1) is 15.1. The Hall–Kier alpha value is -2.29. The highest BCUT2D eigenvalue weighted by Gasteiger charge is 2.12. The third-order valence-electron chi connectivity index (χ3n) is 3.66. The number of likely N-dealkylation sites (N-methyl/N-ethyl adjacent to an activating group) is 1. The van der Waals surface area contributed by atoms with E-state index in [1.165, 1.54) is 11.1 Å². The van der Waals surface area contributed by atoms with Crippen molar-refractivity contribution in [3.8, 4) is 5.75 Å². The second-order valence-electron chi connectivity index (χ2n) is 5.28. The third kappa shape index (κ3) is 3.63. The van der Waals surface area contributed by atoms with Gasteiger partial charge in [0.1, 0.15) is 5.75 Å². The van der Waals surface area contributed by atoms with Crippen LogP contribution in [0, 0.1) is 20.8 Å². The topological polar surface area (TPSA) is 29.5 Å². The first-order chi connectivity index (χ1) is 9.99. The van der Waals surface area contributed by atoms with Crippen LogP contribution in [0.3, 0.4) is 0 Å². The lowest BCUT2D eigenvalue weighted by Crippen LogP contribution is -2.31. The zero-order chi connectivity index (χ0) is 15.4. The van der Waals surface area contributed by atoms with Crippen molar-refractivity contribution in [1.82, 2.24) is 0 Å². The molecule has 0 saturated carbocycles. The molecule has 3 heteroatoms. The SMILES string of the molecule is Cc1cc(C)c(OCC(=O)N(C)c2ccccc2)cc1C. The van der Waals surface area contributed by atoms with Crippen molar-refractivity contribution < 1.29 is 9.53 Å². The van der Waals surface area contributed by atoms with Gasteiger partial charge in [-0.3, -0.25) is 4.79 Å². The molecule has 0 atom stereocenters. The van der Waals surface area contributed by atoms with Crippen molar-refractivity contribution in [2.45, 2.75) is 20.8 Å². The van der Waals surface area contributed by atoms with Crippen LogP contribution >= 0.6 is 0 Å². The molecule has 1 amide bonds. The zero-order valence-corrected chi connectivity index (χ0v) is 13.0. The number of anilines is 1. The molecule has 21 heavy (non-hydrogen) atoms. The molecule has 110 valence electrons. The van der Waals surface area contributed by atoms with Gasteiger partial charge in [-0.1, -0.05) is 24.3 Å². The van der Waals surface area contributed by atoms with Gasteiger partial charge in [0, 0.05) is 12.7 Å². The molecule has 0 aromatic heterocycles. The van der Waals surface area contributed by atoms with E-state index in [1.54, 1.807) is 11.9 Å². The number of carbonyl (C=O) groups is 1. The highest BCUT2D eigenvalue weighted by molar-refractivity contribution is 5.93. The van der Waals surface area contributed by atoms with E-state index in [9.17, 15) is 4.79 Å². The molecule has 0 aliphatic heterocycles. The highest BCUT2D eigenvalue weighted by Crippen LogP contribution is 2.22. The zero-order valence-electron chi connectivity index (χ0n) is 13.0. The summed E-state index contributed by atoms with van der Waals surface area (Å²) >= 11 is 0. The number of amides is 1. The minimum absolute atomic E-state index is 0.0364. The van der Waals surface area contributed by atoms with Crippen molar-refractivity contribution in [3.05, 3.63) is 59.2 Å². The average Bonchev–Trinajstić information content (AvgIpc) is 2.49. The lowest BCUT2D eigenvalue weighted by atomic mass is 10.1. The average molecular weight is 283 g/mol. The van der Waals surface area contributed by atoms with Crippen LogP contribution in [0.25, 0.3) is 0 Å². The lowest BCUT2D eigenvalue weighted by molar-refractivity contribution is -0.120. The van der Waals surface area contributed by atoms with Crippen LogP contribution in [0.1, 0.15) is 16.7 Å². The summed E-state index contributed by atoms with van der Waals surface area (Å²) in [4.78, 5) is 13.8. The van der Waals surface area contributed by atoms with Crippen LogP contribution in [-0.4, -0.2) is 19.6 Å². The number of carbonyl (C=O) groups excluding carboxylic acids is 1. The van der Waals surface area contributed by atoms with Crippen molar-refractivity contribution >= 4 is 11.6 Å². The highest BCUT2D eigenvalue weighted by atomic mass is 16.5. The van der Waals surface area contributed by atoms with E-state index >= 15 is 0 Å². The molecule has 0 radical (unpaired) electrons. The number of hydrogen-bond donors (Lipinski definition) is 0.